The van der Waals surface area contributed by atoms with Gasteiger partial charge in [0.05, 0.1) is 29.9 Å². The van der Waals surface area contributed by atoms with E-state index in [9.17, 15) is 14.4 Å². The third kappa shape index (κ3) is 5.31. The van der Waals surface area contributed by atoms with Crippen molar-refractivity contribution in [2.45, 2.75) is 48.5 Å². The van der Waals surface area contributed by atoms with Crippen LogP contribution in [0.3, 0.4) is 0 Å². The van der Waals surface area contributed by atoms with Gasteiger partial charge in [0.15, 0.2) is 0 Å². The Hall–Kier alpha value is -4.09. The maximum absolute atomic E-state index is 13.7. The molecule has 5 heterocycles. The summed E-state index contributed by atoms with van der Waals surface area (Å²) in [6, 6.07) is 16.1. The number of para-hydroxylation sites is 1. The molecule has 10 nitrogen and oxygen atoms in total. The number of nitrogens with zero attached hydrogens (tertiary/aromatic N) is 3. The highest BCUT2D eigenvalue weighted by molar-refractivity contribution is 8.01. The molecule has 11 heteroatoms. The number of likely N-dealkylation sites (tertiary alicyclic amines) is 1. The van der Waals surface area contributed by atoms with Crippen molar-refractivity contribution in [1.82, 2.24) is 20.5 Å². The molecule has 1 aromatic heterocycles. The van der Waals surface area contributed by atoms with Crippen LogP contribution in [0.5, 0.6) is 11.5 Å². The number of hydrogen-bond donors (Lipinski definition) is 2. The number of benzene rings is 2. The number of urea groups is 1. The lowest BCUT2D eigenvalue weighted by molar-refractivity contribution is -0.137. The van der Waals surface area contributed by atoms with Crippen molar-refractivity contribution in [3.05, 3.63) is 71.9 Å². The second-order valence-electron chi connectivity index (χ2n) is 11.4. The van der Waals surface area contributed by atoms with Crippen LogP contribution in [0.15, 0.2) is 65.8 Å². The molecule has 3 aromatic rings. The summed E-state index contributed by atoms with van der Waals surface area (Å²) in [6.07, 6.45) is 4.07. The standard InChI is InChI=1S/C32H33N5O5S/c1-19-16-23(42-22-7-3-2-4-8-22)9-10-24(19)37-25-11-13-33-30-26(25)27(35-32(37)40)28(43-30)29(38)34-21-6-5-14-36(17-21)31(39)20-12-15-41-18-20/h2-4,7-11,13,16,20-21,27-28H,5-6,12,14-15,17-18H2,1H3,(H,34,38)(H,35,40)/t20-,21-,27?,28?/m1/s1. The molecule has 0 bridgehead atoms. The van der Waals surface area contributed by atoms with Crippen LogP contribution in [0.25, 0.3) is 0 Å². The molecule has 2 N–H and O–H groups in total. The minimum Gasteiger partial charge on any atom is -0.457 e. The Morgan fingerprint density at radius 2 is 1.95 bits per heavy atom. The number of rotatable bonds is 6. The maximum atomic E-state index is 13.7. The number of hydrogen-bond acceptors (Lipinski definition) is 7. The van der Waals surface area contributed by atoms with Crippen LogP contribution < -0.4 is 20.3 Å². The smallest absolute Gasteiger partial charge is 0.327 e. The molecule has 4 atom stereocenters. The highest BCUT2D eigenvalue weighted by Crippen LogP contribution is 2.51. The van der Waals surface area contributed by atoms with E-state index in [4.69, 9.17) is 9.47 Å². The molecule has 0 spiro atoms. The molecular weight excluding hydrogens is 566 g/mol. The molecule has 0 saturated carbocycles. The molecule has 2 aromatic carbocycles. The van der Waals surface area contributed by atoms with E-state index < -0.39 is 11.3 Å². The molecule has 4 amide bonds. The fourth-order valence-electron chi connectivity index (χ4n) is 6.40. The van der Waals surface area contributed by atoms with Crippen molar-refractivity contribution in [3.63, 3.8) is 0 Å². The number of thioether (sulfide) groups is 1. The highest BCUT2D eigenvalue weighted by atomic mass is 32.2. The maximum Gasteiger partial charge on any atom is 0.327 e. The predicted octanol–water partition coefficient (Wildman–Crippen LogP) is 4.70. The largest absolute Gasteiger partial charge is 0.457 e. The second-order valence-corrected chi connectivity index (χ2v) is 12.5. The van der Waals surface area contributed by atoms with Gasteiger partial charge in [0.2, 0.25) is 11.8 Å². The summed E-state index contributed by atoms with van der Waals surface area (Å²) in [5.74, 6) is 1.28. The van der Waals surface area contributed by atoms with E-state index in [1.165, 1.54) is 11.8 Å². The van der Waals surface area contributed by atoms with Crippen molar-refractivity contribution >= 4 is 41.0 Å². The number of piperidine rings is 1. The lowest BCUT2D eigenvalue weighted by Crippen LogP contribution is -2.54. The van der Waals surface area contributed by atoms with Gasteiger partial charge in [-0.2, -0.15) is 0 Å². The zero-order valence-corrected chi connectivity index (χ0v) is 24.6. The number of nitrogens with one attached hydrogen (secondary N) is 2. The average Bonchev–Trinajstić information content (AvgIpc) is 3.68. The van der Waals surface area contributed by atoms with Crippen molar-refractivity contribution < 1.29 is 23.9 Å². The lowest BCUT2D eigenvalue weighted by Gasteiger charge is -2.36. The summed E-state index contributed by atoms with van der Waals surface area (Å²) >= 11 is 1.37. The van der Waals surface area contributed by atoms with E-state index in [1.54, 1.807) is 11.1 Å². The Morgan fingerprint density at radius 1 is 1.09 bits per heavy atom. The first-order chi connectivity index (χ1) is 21.0. The van der Waals surface area contributed by atoms with Crippen molar-refractivity contribution in [2.24, 2.45) is 5.92 Å². The van der Waals surface area contributed by atoms with Crippen LogP contribution in [0.1, 0.15) is 36.4 Å². The highest BCUT2D eigenvalue weighted by Gasteiger charge is 2.47. The zero-order chi connectivity index (χ0) is 29.5. The van der Waals surface area contributed by atoms with Crippen LogP contribution in [-0.2, 0) is 14.3 Å². The first kappa shape index (κ1) is 27.7. The summed E-state index contributed by atoms with van der Waals surface area (Å²) < 4.78 is 11.4. The number of carbonyl (C=O) groups excluding carboxylic acids is 3. The summed E-state index contributed by atoms with van der Waals surface area (Å²) in [4.78, 5) is 48.3. The number of amides is 4. The summed E-state index contributed by atoms with van der Waals surface area (Å²) in [6.45, 7) is 4.23. The lowest BCUT2D eigenvalue weighted by atomic mass is 9.98. The van der Waals surface area contributed by atoms with E-state index in [-0.39, 0.29) is 29.8 Å². The minimum atomic E-state index is -0.563. The minimum absolute atomic E-state index is 0.0875. The predicted molar refractivity (Wildman–Crippen MR) is 162 cm³/mol. The fraction of sp³-hybridized carbons (Fsp3) is 0.375. The molecule has 4 aliphatic rings. The van der Waals surface area contributed by atoms with E-state index >= 15 is 0 Å². The number of pyridine rings is 1. The monoisotopic (exact) mass is 599 g/mol. The molecule has 222 valence electrons. The van der Waals surface area contributed by atoms with Gasteiger partial charge in [-0.05, 0) is 68.1 Å². The van der Waals surface area contributed by atoms with E-state index in [0.29, 0.717) is 32.1 Å². The van der Waals surface area contributed by atoms with Gasteiger partial charge >= 0.3 is 6.03 Å². The van der Waals surface area contributed by atoms with Crippen LogP contribution in [0.2, 0.25) is 0 Å². The van der Waals surface area contributed by atoms with Gasteiger partial charge in [0, 0.05) is 37.5 Å². The molecular formula is C32H33N5O5S. The topological polar surface area (TPSA) is 113 Å². The molecule has 4 aliphatic heterocycles. The third-order valence-corrected chi connectivity index (χ3v) is 9.80. The normalized spacial score (nSPS) is 24.3. The van der Waals surface area contributed by atoms with Crippen LogP contribution in [0, 0.1) is 12.8 Å². The fourth-order valence-corrected chi connectivity index (χ4v) is 7.63. The zero-order valence-electron chi connectivity index (χ0n) is 23.8. The Balaban J connectivity index is 1.08. The molecule has 2 saturated heterocycles. The van der Waals surface area contributed by atoms with E-state index in [2.05, 4.69) is 15.6 Å². The SMILES string of the molecule is Cc1cc(Oc2ccccc2)ccc1N1C(=O)NC2c3c1ccnc3SC2C(=O)N[C@@H]1CCCN(C(=O)[C@@H]2CCOC2)C1. The van der Waals surface area contributed by atoms with E-state index in [1.807, 2.05) is 66.4 Å². The molecule has 43 heavy (non-hydrogen) atoms. The van der Waals surface area contributed by atoms with Gasteiger partial charge < -0.3 is 25.0 Å². The van der Waals surface area contributed by atoms with Crippen LogP contribution in [-0.4, -0.2) is 65.3 Å². The van der Waals surface area contributed by atoms with Crippen LogP contribution >= 0.6 is 11.8 Å². The van der Waals surface area contributed by atoms with E-state index in [0.717, 1.165) is 52.5 Å². The van der Waals surface area contributed by atoms with Crippen molar-refractivity contribution in [1.29, 1.82) is 0 Å². The average molecular weight is 600 g/mol. The number of aromatic nitrogens is 1. The van der Waals surface area contributed by atoms with Crippen LogP contribution in [0.4, 0.5) is 16.2 Å². The summed E-state index contributed by atoms with van der Waals surface area (Å²) in [5, 5.41) is 6.44. The first-order valence-corrected chi connectivity index (χ1v) is 15.6. The molecule has 7 rings (SSSR count). The molecule has 0 radical (unpaired) electrons. The van der Waals surface area contributed by atoms with Gasteiger partial charge in [-0.3, -0.25) is 14.5 Å². The van der Waals surface area contributed by atoms with Crippen molar-refractivity contribution in [2.75, 3.05) is 31.2 Å². The number of carbonyl (C=O) groups is 3. The Bertz CT molecular complexity index is 1560. The quantitative estimate of drug-likeness (QED) is 0.422. The van der Waals surface area contributed by atoms with Gasteiger partial charge in [0.1, 0.15) is 21.8 Å². The first-order valence-electron chi connectivity index (χ1n) is 14.7. The molecule has 0 aliphatic carbocycles. The number of ether oxygens (including phenoxy) is 2. The summed E-state index contributed by atoms with van der Waals surface area (Å²) in [5.41, 5.74) is 3.16. The Labute approximate surface area is 254 Å². The van der Waals surface area contributed by atoms with Crippen molar-refractivity contribution in [3.8, 4) is 11.5 Å². The van der Waals surface area contributed by atoms with Gasteiger partial charge in [-0.1, -0.05) is 30.0 Å². The molecule has 2 fully saturated rings. The third-order valence-electron chi connectivity index (χ3n) is 8.51. The Kier molecular flexibility index (Phi) is 7.44. The second kappa shape index (κ2) is 11.5. The van der Waals surface area contributed by atoms with Gasteiger partial charge in [-0.15, -0.1) is 0 Å². The Morgan fingerprint density at radius 3 is 2.74 bits per heavy atom. The van der Waals surface area contributed by atoms with Gasteiger partial charge in [-0.25, -0.2) is 9.78 Å². The summed E-state index contributed by atoms with van der Waals surface area (Å²) in [7, 11) is 0. The van der Waals surface area contributed by atoms with Gasteiger partial charge in [0.25, 0.3) is 0 Å². The molecule has 2 unspecified atom stereocenters. The number of anilines is 2. The number of aryl methyl sites for hydroxylation is 1.